The first-order valence-electron chi connectivity index (χ1n) is 6.83. The summed E-state index contributed by atoms with van der Waals surface area (Å²) in [4.78, 5) is 0. The Morgan fingerprint density at radius 2 is 1.75 bits per heavy atom. The van der Waals surface area contributed by atoms with Crippen molar-refractivity contribution in [2.24, 2.45) is 0 Å². The van der Waals surface area contributed by atoms with Crippen molar-refractivity contribution >= 4 is 12.4 Å². The third-order valence-electron chi connectivity index (χ3n) is 3.88. The summed E-state index contributed by atoms with van der Waals surface area (Å²) in [6.07, 6.45) is 1.09. The minimum atomic E-state index is -0.184. The van der Waals surface area contributed by atoms with Crippen molar-refractivity contribution in [1.82, 2.24) is 5.32 Å². The van der Waals surface area contributed by atoms with Crippen LogP contribution >= 0.6 is 12.4 Å². The van der Waals surface area contributed by atoms with Gasteiger partial charge in [0.2, 0.25) is 0 Å². The monoisotopic (exact) mass is 291 g/mol. The highest BCUT2D eigenvalue weighted by Crippen LogP contribution is 2.28. The molecule has 20 heavy (non-hydrogen) atoms. The van der Waals surface area contributed by atoms with E-state index in [4.69, 9.17) is 0 Å². The number of halogens is 2. The molecule has 1 aliphatic heterocycles. The fraction of sp³-hybridized carbons (Fsp3) is 0.294. The molecule has 2 aromatic carbocycles. The first kappa shape index (κ1) is 15.0. The highest BCUT2D eigenvalue weighted by molar-refractivity contribution is 5.85. The van der Waals surface area contributed by atoms with Crippen molar-refractivity contribution in [3.63, 3.8) is 0 Å². The van der Waals surface area contributed by atoms with Gasteiger partial charge in [-0.25, -0.2) is 4.39 Å². The Morgan fingerprint density at radius 1 is 1.05 bits per heavy atom. The van der Waals surface area contributed by atoms with Crippen LogP contribution in [0.4, 0.5) is 4.39 Å². The molecule has 3 rings (SSSR count). The van der Waals surface area contributed by atoms with Crippen LogP contribution in [0.2, 0.25) is 0 Å². The van der Waals surface area contributed by atoms with Gasteiger partial charge in [0.15, 0.2) is 0 Å². The van der Waals surface area contributed by atoms with E-state index in [0.29, 0.717) is 5.92 Å². The predicted molar refractivity (Wildman–Crippen MR) is 84.1 cm³/mol. The highest BCUT2D eigenvalue weighted by atomic mass is 35.5. The number of benzene rings is 2. The van der Waals surface area contributed by atoms with Crippen LogP contribution in [-0.2, 0) is 6.42 Å². The molecule has 0 unspecified atom stereocenters. The number of fused-ring (bicyclic) bond motifs is 1. The lowest BCUT2D eigenvalue weighted by molar-refractivity contribution is 0.628. The van der Waals surface area contributed by atoms with Gasteiger partial charge in [-0.3, -0.25) is 0 Å². The Labute approximate surface area is 125 Å². The first-order valence-corrected chi connectivity index (χ1v) is 6.83. The summed E-state index contributed by atoms with van der Waals surface area (Å²) in [5.41, 5.74) is 5.11. The highest BCUT2D eigenvalue weighted by Gasteiger charge is 2.15. The van der Waals surface area contributed by atoms with Gasteiger partial charge in [-0.1, -0.05) is 37.3 Å². The van der Waals surface area contributed by atoms with Crippen molar-refractivity contribution in [3.8, 4) is 11.1 Å². The molecule has 1 N–H and O–H groups in total. The molecule has 2 aromatic rings. The minimum Gasteiger partial charge on any atom is -0.316 e. The largest absolute Gasteiger partial charge is 0.316 e. The third kappa shape index (κ3) is 3.02. The standard InChI is InChI=1S/C17H18FN.ClH/c1-12-11-19-9-8-14-2-3-15(10-17(12)14)13-4-6-16(18)7-5-13;/h2-7,10,12,19H,8-9,11H2,1H3;1H/t12-;/m0./s1. The molecule has 0 spiro atoms. The van der Waals surface area contributed by atoms with Crippen LogP contribution in [0.25, 0.3) is 11.1 Å². The molecule has 1 atom stereocenters. The van der Waals surface area contributed by atoms with Crippen LogP contribution in [0.3, 0.4) is 0 Å². The van der Waals surface area contributed by atoms with Gasteiger partial charge >= 0.3 is 0 Å². The fourth-order valence-electron chi connectivity index (χ4n) is 2.75. The molecule has 0 saturated heterocycles. The Morgan fingerprint density at radius 3 is 2.50 bits per heavy atom. The molecule has 0 aromatic heterocycles. The van der Waals surface area contributed by atoms with E-state index in [0.717, 1.165) is 25.1 Å². The molecule has 0 bridgehead atoms. The lowest BCUT2D eigenvalue weighted by atomic mass is 9.91. The molecular weight excluding hydrogens is 273 g/mol. The summed E-state index contributed by atoms with van der Waals surface area (Å²) < 4.78 is 13.0. The lowest BCUT2D eigenvalue weighted by Crippen LogP contribution is -2.18. The Kier molecular flexibility index (Phi) is 4.79. The van der Waals surface area contributed by atoms with Crippen LogP contribution in [0.1, 0.15) is 24.0 Å². The summed E-state index contributed by atoms with van der Waals surface area (Å²) in [6.45, 7) is 4.33. The molecule has 0 saturated carbocycles. The van der Waals surface area contributed by atoms with Gasteiger partial charge in [0.25, 0.3) is 0 Å². The van der Waals surface area contributed by atoms with Crippen LogP contribution in [0.5, 0.6) is 0 Å². The zero-order valence-electron chi connectivity index (χ0n) is 11.5. The van der Waals surface area contributed by atoms with Gasteiger partial charge in [0, 0.05) is 6.54 Å². The summed E-state index contributed by atoms with van der Waals surface area (Å²) in [5.74, 6) is 0.342. The van der Waals surface area contributed by atoms with Gasteiger partial charge in [-0.2, -0.15) is 0 Å². The smallest absolute Gasteiger partial charge is 0.123 e. The van der Waals surface area contributed by atoms with Gasteiger partial charge < -0.3 is 5.32 Å². The van der Waals surface area contributed by atoms with E-state index in [1.54, 1.807) is 0 Å². The van der Waals surface area contributed by atoms with E-state index in [2.05, 4.69) is 30.4 Å². The van der Waals surface area contributed by atoms with E-state index in [1.807, 2.05) is 12.1 Å². The Bertz CT molecular complexity index is 580. The van der Waals surface area contributed by atoms with E-state index in [9.17, 15) is 4.39 Å². The van der Waals surface area contributed by atoms with Crippen LogP contribution < -0.4 is 5.32 Å². The predicted octanol–water partition coefficient (Wildman–Crippen LogP) is 4.16. The maximum atomic E-state index is 13.0. The van der Waals surface area contributed by atoms with Crippen LogP contribution in [-0.4, -0.2) is 13.1 Å². The van der Waals surface area contributed by atoms with Gasteiger partial charge in [0.05, 0.1) is 0 Å². The number of rotatable bonds is 1. The normalized spacial score (nSPS) is 17.8. The van der Waals surface area contributed by atoms with Crippen molar-refractivity contribution in [2.45, 2.75) is 19.3 Å². The molecule has 106 valence electrons. The van der Waals surface area contributed by atoms with Crippen LogP contribution in [0, 0.1) is 5.82 Å². The summed E-state index contributed by atoms with van der Waals surface area (Å²) in [7, 11) is 0. The molecule has 0 radical (unpaired) electrons. The number of hydrogen-bond donors (Lipinski definition) is 1. The van der Waals surface area contributed by atoms with Crippen LogP contribution in [0.15, 0.2) is 42.5 Å². The zero-order valence-corrected chi connectivity index (χ0v) is 12.3. The SMILES string of the molecule is C[C@H]1CNCCc2ccc(-c3ccc(F)cc3)cc21.Cl. The maximum absolute atomic E-state index is 13.0. The second kappa shape index (κ2) is 6.38. The van der Waals surface area contributed by atoms with E-state index in [-0.39, 0.29) is 18.2 Å². The van der Waals surface area contributed by atoms with E-state index >= 15 is 0 Å². The summed E-state index contributed by atoms with van der Waals surface area (Å²) >= 11 is 0. The van der Waals surface area contributed by atoms with Gasteiger partial charge in [-0.15, -0.1) is 12.4 Å². The fourth-order valence-corrected chi connectivity index (χ4v) is 2.75. The van der Waals surface area contributed by atoms with E-state index in [1.165, 1.54) is 28.8 Å². The van der Waals surface area contributed by atoms with E-state index < -0.39 is 0 Å². The maximum Gasteiger partial charge on any atom is 0.123 e. The molecule has 0 aliphatic carbocycles. The summed E-state index contributed by atoms with van der Waals surface area (Å²) in [5, 5.41) is 3.46. The molecule has 3 heteroatoms. The molecule has 1 nitrogen and oxygen atoms in total. The quantitative estimate of drug-likeness (QED) is 0.832. The third-order valence-corrected chi connectivity index (χ3v) is 3.88. The van der Waals surface area contributed by atoms with Gasteiger partial charge in [-0.05, 0) is 53.3 Å². The zero-order chi connectivity index (χ0) is 13.2. The number of hydrogen-bond acceptors (Lipinski definition) is 1. The molecule has 0 amide bonds. The van der Waals surface area contributed by atoms with Crippen molar-refractivity contribution in [2.75, 3.05) is 13.1 Å². The molecule has 0 fully saturated rings. The van der Waals surface area contributed by atoms with Crippen molar-refractivity contribution < 1.29 is 4.39 Å². The number of nitrogens with one attached hydrogen (secondary N) is 1. The first-order chi connectivity index (χ1) is 9.24. The average Bonchev–Trinajstić information content (AvgIpc) is 2.62. The second-order valence-electron chi connectivity index (χ2n) is 5.28. The topological polar surface area (TPSA) is 12.0 Å². The van der Waals surface area contributed by atoms with Gasteiger partial charge in [0.1, 0.15) is 5.82 Å². The minimum absolute atomic E-state index is 0. The van der Waals surface area contributed by atoms with Crippen molar-refractivity contribution in [3.05, 3.63) is 59.4 Å². The average molecular weight is 292 g/mol. The molecule has 1 heterocycles. The summed E-state index contributed by atoms with van der Waals surface area (Å²) in [6, 6.07) is 13.4. The van der Waals surface area contributed by atoms with Crippen molar-refractivity contribution in [1.29, 1.82) is 0 Å². The molecular formula is C17H19ClFN. The lowest BCUT2D eigenvalue weighted by Gasteiger charge is -2.14. The Hall–Kier alpha value is -1.38. The molecule has 1 aliphatic rings. The Balaban J connectivity index is 0.00000147. The second-order valence-corrected chi connectivity index (χ2v) is 5.28.